The fourth-order valence-electron chi connectivity index (χ4n) is 2.37. The van der Waals surface area contributed by atoms with Gasteiger partial charge in [0.15, 0.2) is 0 Å². The van der Waals surface area contributed by atoms with E-state index >= 15 is 0 Å². The maximum absolute atomic E-state index is 5.73. The van der Waals surface area contributed by atoms with E-state index in [1.54, 1.807) is 0 Å². The van der Waals surface area contributed by atoms with Crippen molar-refractivity contribution in [2.75, 3.05) is 13.1 Å². The van der Waals surface area contributed by atoms with E-state index in [4.69, 9.17) is 4.74 Å². The van der Waals surface area contributed by atoms with Crippen LogP contribution < -0.4 is 0 Å². The molecule has 2 aliphatic rings. The second-order valence-corrected chi connectivity index (χ2v) is 5.17. The van der Waals surface area contributed by atoms with Crippen molar-refractivity contribution in [2.45, 2.75) is 50.2 Å². The Bertz CT molecular complexity index is 179. The highest BCUT2D eigenvalue weighted by molar-refractivity contribution is 7.80. The van der Waals surface area contributed by atoms with Gasteiger partial charge in [-0.3, -0.25) is 0 Å². The van der Waals surface area contributed by atoms with E-state index in [1.807, 2.05) is 0 Å². The van der Waals surface area contributed by atoms with Crippen molar-refractivity contribution < 1.29 is 4.74 Å². The van der Waals surface area contributed by atoms with Crippen LogP contribution in [0.25, 0.3) is 0 Å². The number of piperidine rings is 1. The zero-order valence-electron chi connectivity index (χ0n) is 8.49. The van der Waals surface area contributed by atoms with Gasteiger partial charge in [-0.05, 0) is 26.7 Å². The number of thiol groups is 1. The fourth-order valence-corrected chi connectivity index (χ4v) is 2.92. The predicted molar refractivity (Wildman–Crippen MR) is 57.2 cm³/mol. The van der Waals surface area contributed by atoms with Crippen LogP contribution in [-0.4, -0.2) is 35.1 Å². The summed E-state index contributed by atoms with van der Waals surface area (Å²) in [7, 11) is 0. The quantitative estimate of drug-likeness (QED) is 0.651. The number of nitrogens with zero attached hydrogens (tertiary/aromatic N) is 1. The summed E-state index contributed by atoms with van der Waals surface area (Å²) in [5.74, 6) is 0. The molecule has 1 atom stereocenters. The first-order valence-corrected chi connectivity index (χ1v) is 5.73. The van der Waals surface area contributed by atoms with Crippen LogP contribution >= 0.6 is 12.6 Å². The minimum absolute atomic E-state index is 0.214. The Kier molecular flexibility index (Phi) is 2.60. The Hall–Kier alpha value is 0.270. The zero-order chi connectivity index (χ0) is 9.47. The van der Waals surface area contributed by atoms with Crippen LogP contribution in [0.1, 0.15) is 33.1 Å². The van der Waals surface area contributed by atoms with E-state index < -0.39 is 0 Å². The third kappa shape index (κ3) is 1.88. The molecule has 0 aromatic heterocycles. The lowest BCUT2D eigenvalue weighted by molar-refractivity contribution is -0.190. The summed E-state index contributed by atoms with van der Waals surface area (Å²) in [5.41, 5.74) is 0.434. The van der Waals surface area contributed by atoms with Gasteiger partial charge in [0.25, 0.3) is 0 Å². The Morgan fingerprint density at radius 1 is 1.38 bits per heavy atom. The fraction of sp³-hybridized carbons (Fsp3) is 1.00. The Morgan fingerprint density at radius 3 is 2.31 bits per heavy atom. The normalized spacial score (nSPS) is 33.7. The van der Waals surface area contributed by atoms with Crippen LogP contribution in [0.3, 0.4) is 0 Å². The zero-order valence-corrected chi connectivity index (χ0v) is 9.39. The molecule has 1 unspecified atom stereocenters. The third-order valence-corrected chi connectivity index (χ3v) is 3.66. The van der Waals surface area contributed by atoms with Crippen molar-refractivity contribution >= 4 is 12.6 Å². The summed E-state index contributed by atoms with van der Waals surface area (Å²) in [6.45, 7) is 6.92. The van der Waals surface area contributed by atoms with E-state index in [0.717, 1.165) is 6.42 Å². The van der Waals surface area contributed by atoms with Crippen LogP contribution in [0.4, 0.5) is 0 Å². The largest absolute Gasteiger partial charge is 0.361 e. The molecule has 3 heteroatoms. The SMILES string of the molecule is CC(C)N1CCC2(CC1)CC(S)O2. The molecule has 0 aromatic carbocycles. The predicted octanol–water partition coefficient (Wildman–Crippen LogP) is 1.91. The van der Waals surface area contributed by atoms with Crippen molar-refractivity contribution in [1.82, 2.24) is 4.90 Å². The number of hydrogen-bond acceptors (Lipinski definition) is 3. The average molecular weight is 201 g/mol. The van der Waals surface area contributed by atoms with Crippen LogP contribution in [0, 0.1) is 0 Å². The molecule has 2 heterocycles. The Labute approximate surface area is 86.0 Å². The van der Waals surface area contributed by atoms with Gasteiger partial charge in [0.05, 0.1) is 5.60 Å². The van der Waals surface area contributed by atoms with Gasteiger partial charge >= 0.3 is 0 Å². The molecule has 0 aromatic rings. The highest BCUT2D eigenvalue weighted by atomic mass is 32.1. The second kappa shape index (κ2) is 3.44. The van der Waals surface area contributed by atoms with E-state index in [-0.39, 0.29) is 11.0 Å². The summed E-state index contributed by atoms with van der Waals surface area (Å²) in [4.78, 5) is 2.53. The molecule has 13 heavy (non-hydrogen) atoms. The highest BCUT2D eigenvalue weighted by Crippen LogP contribution is 2.42. The molecular weight excluding hydrogens is 182 g/mol. The minimum Gasteiger partial charge on any atom is -0.361 e. The van der Waals surface area contributed by atoms with E-state index in [9.17, 15) is 0 Å². The number of ether oxygens (including phenoxy) is 1. The van der Waals surface area contributed by atoms with Gasteiger partial charge < -0.3 is 9.64 Å². The van der Waals surface area contributed by atoms with Crippen molar-refractivity contribution in [3.63, 3.8) is 0 Å². The number of likely N-dealkylation sites (tertiary alicyclic amines) is 1. The second-order valence-electron chi connectivity index (χ2n) is 4.59. The lowest BCUT2D eigenvalue weighted by Crippen LogP contribution is -2.55. The van der Waals surface area contributed by atoms with Gasteiger partial charge in [-0.15, -0.1) is 12.6 Å². The molecule has 2 fully saturated rings. The first kappa shape index (κ1) is 9.81. The summed E-state index contributed by atoms with van der Waals surface area (Å²) in [6.07, 6.45) is 3.55. The molecule has 1 spiro atoms. The lowest BCUT2D eigenvalue weighted by atomic mass is 9.84. The Morgan fingerprint density at radius 2 is 1.92 bits per heavy atom. The summed E-state index contributed by atoms with van der Waals surface area (Å²) in [5, 5.41) is 0. The van der Waals surface area contributed by atoms with Crippen LogP contribution in [-0.2, 0) is 4.74 Å². The van der Waals surface area contributed by atoms with Crippen LogP contribution in [0.2, 0.25) is 0 Å². The summed E-state index contributed by atoms with van der Waals surface area (Å²) >= 11 is 4.30. The standard InChI is InChI=1S/C10H19NOS/c1-8(2)11-5-3-10(4-6-11)7-9(13)12-10/h8-9,13H,3-7H2,1-2H3. The van der Waals surface area contributed by atoms with Gasteiger partial charge in [-0.2, -0.15) is 0 Å². The van der Waals surface area contributed by atoms with Crippen molar-refractivity contribution in [1.29, 1.82) is 0 Å². The first-order chi connectivity index (χ1) is 6.11. The molecule has 0 saturated carbocycles. The summed E-state index contributed by atoms with van der Waals surface area (Å²) < 4.78 is 5.73. The van der Waals surface area contributed by atoms with E-state index in [1.165, 1.54) is 25.9 Å². The monoisotopic (exact) mass is 201 g/mol. The molecule has 76 valence electrons. The van der Waals surface area contributed by atoms with Crippen LogP contribution in [0.5, 0.6) is 0 Å². The van der Waals surface area contributed by atoms with Crippen molar-refractivity contribution in [3.8, 4) is 0 Å². The smallest absolute Gasteiger partial charge is 0.103 e. The molecule has 2 rings (SSSR count). The van der Waals surface area contributed by atoms with Gasteiger partial charge in [0.2, 0.25) is 0 Å². The van der Waals surface area contributed by atoms with E-state index in [0.29, 0.717) is 6.04 Å². The molecule has 0 N–H and O–H groups in total. The molecule has 0 bridgehead atoms. The molecule has 2 nitrogen and oxygen atoms in total. The van der Waals surface area contributed by atoms with Gasteiger partial charge in [-0.1, -0.05) is 0 Å². The molecule has 2 saturated heterocycles. The number of hydrogen-bond donors (Lipinski definition) is 1. The highest BCUT2D eigenvalue weighted by Gasteiger charge is 2.45. The maximum Gasteiger partial charge on any atom is 0.103 e. The number of rotatable bonds is 1. The maximum atomic E-state index is 5.73. The molecule has 0 aliphatic carbocycles. The molecule has 2 aliphatic heterocycles. The van der Waals surface area contributed by atoms with Gasteiger partial charge in [0, 0.05) is 25.6 Å². The molecule has 0 amide bonds. The van der Waals surface area contributed by atoms with E-state index in [2.05, 4.69) is 31.4 Å². The first-order valence-electron chi connectivity index (χ1n) is 5.21. The van der Waals surface area contributed by atoms with Gasteiger partial charge in [0.1, 0.15) is 5.44 Å². The lowest BCUT2D eigenvalue weighted by Gasteiger charge is -2.51. The third-order valence-electron chi connectivity index (χ3n) is 3.37. The van der Waals surface area contributed by atoms with Crippen molar-refractivity contribution in [3.05, 3.63) is 0 Å². The molecular formula is C10H19NOS. The average Bonchev–Trinajstić information content (AvgIpc) is 2.03. The Balaban J connectivity index is 1.83. The topological polar surface area (TPSA) is 12.5 Å². The van der Waals surface area contributed by atoms with Crippen LogP contribution in [0.15, 0.2) is 0 Å². The minimum atomic E-state index is 0.214. The summed E-state index contributed by atoms with van der Waals surface area (Å²) in [6, 6.07) is 0.684. The van der Waals surface area contributed by atoms with Crippen molar-refractivity contribution in [2.24, 2.45) is 0 Å². The molecule has 0 radical (unpaired) electrons. The van der Waals surface area contributed by atoms with Gasteiger partial charge in [-0.25, -0.2) is 0 Å².